The molecule has 112 valence electrons. The molecule has 0 aliphatic rings. The molecule has 2 aromatic rings. The Morgan fingerprint density at radius 3 is 2.57 bits per heavy atom. The molecule has 0 bridgehead atoms. The summed E-state index contributed by atoms with van der Waals surface area (Å²) < 4.78 is 10.6. The molecular weight excluding hydrogens is 288 g/mol. The van der Waals surface area contributed by atoms with E-state index in [1.807, 2.05) is 30.3 Å². The van der Waals surface area contributed by atoms with E-state index in [4.69, 9.17) is 21.1 Å². The number of nitrogens with zero attached hydrogens (tertiary/aromatic N) is 1. The van der Waals surface area contributed by atoms with Gasteiger partial charge in [0.15, 0.2) is 11.5 Å². The lowest BCUT2D eigenvalue weighted by molar-refractivity contribution is 0.354. The first-order valence-electron chi connectivity index (χ1n) is 6.72. The number of benzene rings is 1. The van der Waals surface area contributed by atoms with Gasteiger partial charge >= 0.3 is 0 Å². The normalized spacial score (nSPS) is 11.8. The Balaban J connectivity index is 2.04. The molecule has 1 unspecified atom stereocenters. The molecular formula is C16H19ClN2O2. The molecule has 0 spiro atoms. The zero-order valence-corrected chi connectivity index (χ0v) is 13.1. The minimum atomic E-state index is 0.217. The highest BCUT2D eigenvalue weighted by Gasteiger charge is 2.08. The smallest absolute Gasteiger partial charge is 0.160 e. The second-order valence-corrected chi connectivity index (χ2v) is 5.17. The van der Waals surface area contributed by atoms with Crippen molar-refractivity contribution in [2.45, 2.75) is 19.4 Å². The van der Waals surface area contributed by atoms with E-state index in [1.54, 1.807) is 20.3 Å². The molecule has 0 aliphatic heterocycles. The third-order valence-corrected chi connectivity index (χ3v) is 3.31. The Bertz CT molecular complexity index is 605. The second-order valence-electron chi connectivity index (χ2n) is 4.78. The van der Waals surface area contributed by atoms with Crippen LogP contribution in [0.25, 0.3) is 0 Å². The van der Waals surface area contributed by atoms with Crippen LogP contribution in [-0.4, -0.2) is 25.2 Å². The van der Waals surface area contributed by atoms with Crippen molar-refractivity contribution in [3.05, 3.63) is 47.1 Å². The van der Waals surface area contributed by atoms with E-state index in [9.17, 15) is 0 Å². The van der Waals surface area contributed by atoms with Gasteiger partial charge in [-0.1, -0.05) is 23.7 Å². The van der Waals surface area contributed by atoms with E-state index >= 15 is 0 Å². The first-order valence-corrected chi connectivity index (χ1v) is 7.10. The summed E-state index contributed by atoms with van der Waals surface area (Å²) >= 11 is 5.88. The Morgan fingerprint density at radius 1 is 1.14 bits per heavy atom. The van der Waals surface area contributed by atoms with Gasteiger partial charge < -0.3 is 14.8 Å². The first kappa shape index (κ1) is 15.4. The molecule has 4 nitrogen and oxygen atoms in total. The van der Waals surface area contributed by atoms with Crippen LogP contribution < -0.4 is 14.8 Å². The zero-order valence-electron chi connectivity index (χ0n) is 12.4. The molecule has 0 radical (unpaired) electrons. The number of aromatic nitrogens is 1. The fourth-order valence-corrected chi connectivity index (χ4v) is 2.32. The summed E-state index contributed by atoms with van der Waals surface area (Å²) in [5, 5.41) is 3.81. The maximum absolute atomic E-state index is 5.88. The van der Waals surface area contributed by atoms with Crippen molar-refractivity contribution in [2.75, 3.05) is 19.5 Å². The molecule has 2 rings (SSSR count). The lowest BCUT2D eigenvalue weighted by Crippen LogP contribution is -2.18. The van der Waals surface area contributed by atoms with Crippen molar-refractivity contribution in [3.63, 3.8) is 0 Å². The summed E-state index contributed by atoms with van der Waals surface area (Å²) in [6.07, 6.45) is 0.842. The molecule has 0 amide bonds. The highest BCUT2D eigenvalue weighted by molar-refractivity contribution is 6.29. The Kier molecular flexibility index (Phi) is 5.28. The first-order chi connectivity index (χ1) is 10.1. The van der Waals surface area contributed by atoms with E-state index in [0.29, 0.717) is 5.15 Å². The molecule has 1 N–H and O–H groups in total. The average Bonchev–Trinajstić information content (AvgIpc) is 2.47. The fraction of sp³-hybridized carbons (Fsp3) is 0.312. The maximum Gasteiger partial charge on any atom is 0.160 e. The van der Waals surface area contributed by atoms with Gasteiger partial charge in [-0.15, -0.1) is 0 Å². The van der Waals surface area contributed by atoms with Gasteiger partial charge in [-0.2, -0.15) is 0 Å². The van der Waals surface area contributed by atoms with Crippen LogP contribution >= 0.6 is 11.6 Å². The second kappa shape index (κ2) is 7.18. The minimum Gasteiger partial charge on any atom is -0.493 e. The van der Waals surface area contributed by atoms with E-state index in [1.165, 1.54) is 0 Å². The zero-order chi connectivity index (χ0) is 15.2. The number of nitrogens with one attached hydrogen (secondary N) is 1. The van der Waals surface area contributed by atoms with Crippen molar-refractivity contribution in [2.24, 2.45) is 0 Å². The molecule has 5 heteroatoms. The summed E-state index contributed by atoms with van der Waals surface area (Å²) in [4.78, 5) is 4.23. The predicted molar refractivity (Wildman–Crippen MR) is 85.6 cm³/mol. The molecule has 0 fully saturated rings. The number of anilines is 1. The lowest BCUT2D eigenvalue weighted by Gasteiger charge is -2.16. The highest BCUT2D eigenvalue weighted by Crippen LogP contribution is 2.28. The van der Waals surface area contributed by atoms with Crippen molar-refractivity contribution in [1.29, 1.82) is 0 Å². The quantitative estimate of drug-likeness (QED) is 0.825. The molecule has 1 heterocycles. The number of ether oxygens (including phenoxy) is 2. The fourth-order valence-electron chi connectivity index (χ4n) is 2.15. The minimum absolute atomic E-state index is 0.217. The summed E-state index contributed by atoms with van der Waals surface area (Å²) in [7, 11) is 3.27. The van der Waals surface area contributed by atoms with Crippen molar-refractivity contribution in [3.8, 4) is 11.5 Å². The SMILES string of the molecule is COc1ccc(CC(C)Nc2cccc(Cl)n2)cc1OC. The number of hydrogen-bond donors (Lipinski definition) is 1. The van der Waals surface area contributed by atoms with Crippen LogP contribution in [-0.2, 0) is 6.42 Å². The van der Waals surface area contributed by atoms with Crippen LogP contribution in [0.5, 0.6) is 11.5 Å². The number of methoxy groups -OCH3 is 2. The third kappa shape index (κ3) is 4.26. The van der Waals surface area contributed by atoms with Crippen LogP contribution in [0.3, 0.4) is 0 Å². The summed E-state index contributed by atoms with van der Waals surface area (Å²) in [6, 6.07) is 11.7. The summed E-state index contributed by atoms with van der Waals surface area (Å²) in [5.74, 6) is 2.25. The monoisotopic (exact) mass is 306 g/mol. The number of pyridine rings is 1. The lowest BCUT2D eigenvalue weighted by atomic mass is 10.1. The molecule has 0 saturated carbocycles. The van der Waals surface area contributed by atoms with E-state index < -0.39 is 0 Å². The molecule has 1 aromatic heterocycles. The van der Waals surface area contributed by atoms with Crippen LogP contribution in [0, 0.1) is 0 Å². The van der Waals surface area contributed by atoms with E-state index in [-0.39, 0.29) is 6.04 Å². The van der Waals surface area contributed by atoms with Gasteiger partial charge in [0.25, 0.3) is 0 Å². The Hall–Kier alpha value is -1.94. The average molecular weight is 307 g/mol. The van der Waals surface area contributed by atoms with Gasteiger partial charge in [0.05, 0.1) is 14.2 Å². The molecule has 21 heavy (non-hydrogen) atoms. The predicted octanol–water partition coefficient (Wildman–Crippen LogP) is 3.80. The van der Waals surface area contributed by atoms with Crippen LogP contribution in [0.4, 0.5) is 5.82 Å². The Labute approximate surface area is 130 Å². The van der Waals surface area contributed by atoms with Crippen LogP contribution in [0.15, 0.2) is 36.4 Å². The molecule has 1 aromatic carbocycles. The highest BCUT2D eigenvalue weighted by atomic mass is 35.5. The number of hydrogen-bond acceptors (Lipinski definition) is 4. The van der Waals surface area contributed by atoms with Gasteiger partial charge in [-0.3, -0.25) is 0 Å². The van der Waals surface area contributed by atoms with E-state index in [2.05, 4.69) is 17.2 Å². The molecule has 0 saturated heterocycles. The molecule has 0 aliphatic carbocycles. The van der Waals surface area contributed by atoms with E-state index in [0.717, 1.165) is 29.3 Å². The van der Waals surface area contributed by atoms with Crippen LogP contribution in [0.1, 0.15) is 12.5 Å². The third-order valence-electron chi connectivity index (χ3n) is 3.10. The largest absolute Gasteiger partial charge is 0.493 e. The van der Waals surface area contributed by atoms with Gasteiger partial charge in [-0.25, -0.2) is 4.98 Å². The topological polar surface area (TPSA) is 43.4 Å². The van der Waals surface area contributed by atoms with Gasteiger partial charge in [-0.05, 0) is 43.2 Å². The van der Waals surface area contributed by atoms with Crippen LogP contribution in [0.2, 0.25) is 5.15 Å². The van der Waals surface area contributed by atoms with Crippen molar-refractivity contribution >= 4 is 17.4 Å². The standard InChI is InChI=1S/C16H19ClN2O2/c1-11(18-16-6-4-5-15(17)19-16)9-12-7-8-13(20-2)14(10-12)21-3/h4-8,10-11H,9H2,1-3H3,(H,18,19). The van der Waals surface area contributed by atoms with Crippen molar-refractivity contribution < 1.29 is 9.47 Å². The summed E-state index contributed by atoms with van der Waals surface area (Å²) in [5.41, 5.74) is 1.16. The molecule has 1 atom stereocenters. The number of halogens is 1. The van der Waals surface area contributed by atoms with Gasteiger partial charge in [0.1, 0.15) is 11.0 Å². The number of rotatable bonds is 6. The maximum atomic E-state index is 5.88. The van der Waals surface area contributed by atoms with Gasteiger partial charge in [0, 0.05) is 6.04 Å². The van der Waals surface area contributed by atoms with Gasteiger partial charge in [0.2, 0.25) is 0 Å². The van der Waals surface area contributed by atoms with Crippen molar-refractivity contribution in [1.82, 2.24) is 4.98 Å². The summed E-state index contributed by atoms with van der Waals surface area (Å²) in [6.45, 7) is 2.10. The Morgan fingerprint density at radius 2 is 1.90 bits per heavy atom.